The molecule has 0 saturated carbocycles. The van der Waals surface area contributed by atoms with Crippen LogP contribution in [-0.2, 0) is 16.6 Å². The van der Waals surface area contributed by atoms with E-state index in [1.165, 1.54) is 15.6 Å². The molecule has 1 N–H and O–H groups in total. The molecule has 1 atom stereocenters. The van der Waals surface area contributed by atoms with Crippen molar-refractivity contribution in [3.05, 3.63) is 16.3 Å². The molecular weight excluding hydrogens is 258 g/mol. The van der Waals surface area contributed by atoms with Crippen molar-refractivity contribution >= 4 is 21.4 Å². The van der Waals surface area contributed by atoms with E-state index in [0.29, 0.717) is 4.88 Å². The largest absolute Gasteiger partial charge is 0.391 e. The lowest BCUT2D eigenvalue weighted by atomic mass is 10.1. The van der Waals surface area contributed by atoms with Gasteiger partial charge >= 0.3 is 0 Å². The lowest BCUT2D eigenvalue weighted by Gasteiger charge is -2.27. The van der Waals surface area contributed by atoms with Gasteiger partial charge in [0.1, 0.15) is 0 Å². The van der Waals surface area contributed by atoms with Crippen molar-refractivity contribution in [2.24, 2.45) is 5.92 Å². The van der Waals surface area contributed by atoms with E-state index in [0.717, 1.165) is 0 Å². The Balaban J connectivity index is 3.12. The number of aliphatic hydroxyl groups excluding tert-OH is 1. The zero-order valence-corrected chi connectivity index (χ0v) is 12.2. The predicted molar refractivity (Wildman–Crippen MR) is 69.5 cm³/mol. The van der Waals surface area contributed by atoms with E-state index in [1.54, 1.807) is 18.5 Å². The second-order valence-electron chi connectivity index (χ2n) is 4.37. The molecule has 1 heterocycles. The molecule has 1 aromatic rings. The van der Waals surface area contributed by atoms with Gasteiger partial charge in [-0.25, -0.2) is 8.42 Å². The lowest BCUT2D eigenvalue weighted by Crippen LogP contribution is -2.38. The first kappa shape index (κ1) is 14.6. The summed E-state index contributed by atoms with van der Waals surface area (Å²) >= 11 is 1.26. The maximum Gasteiger partial charge on any atom is 0.244 e. The predicted octanol–water partition coefficient (Wildman–Crippen LogP) is 1.91. The first-order valence-corrected chi connectivity index (χ1v) is 7.79. The monoisotopic (exact) mass is 277 g/mol. The molecule has 0 aliphatic rings. The summed E-state index contributed by atoms with van der Waals surface area (Å²) in [6.45, 7) is 5.61. The Kier molecular flexibility index (Phi) is 4.71. The molecule has 0 radical (unpaired) electrons. The van der Waals surface area contributed by atoms with Crippen molar-refractivity contribution in [1.82, 2.24) is 4.31 Å². The maximum atomic E-state index is 12.3. The average Bonchev–Trinajstić information content (AvgIpc) is 2.75. The van der Waals surface area contributed by atoms with E-state index in [-0.39, 0.29) is 23.5 Å². The minimum Gasteiger partial charge on any atom is -0.391 e. The summed E-state index contributed by atoms with van der Waals surface area (Å²) in [6, 6.07) is 1.47. The molecule has 1 unspecified atom stereocenters. The summed E-state index contributed by atoms with van der Waals surface area (Å²) in [5.41, 5.74) is 0. The molecule has 0 aliphatic carbocycles. The lowest BCUT2D eigenvalue weighted by molar-refractivity contribution is 0.281. The maximum absolute atomic E-state index is 12.3. The van der Waals surface area contributed by atoms with E-state index in [1.807, 2.05) is 20.8 Å². The zero-order chi connectivity index (χ0) is 13.2. The first-order chi connectivity index (χ1) is 7.82. The van der Waals surface area contributed by atoms with Gasteiger partial charge in [-0.15, -0.1) is 11.3 Å². The SMILES string of the molecule is CC(C)C(C)N(C)S(=O)(=O)c1ccsc1CO. The Morgan fingerprint density at radius 2 is 2.00 bits per heavy atom. The van der Waals surface area contributed by atoms with E-state index in [2.05, 4.69) is 0 Å². The molecule has 0 fully saturated rings. The molecule has 17 heavy (non-hydrogen) atoms. The fourth-order valence-corrected chi connectivity index (χ4v) is 4.23. The van der Waals surface area contributed by atoms with Crippen LogP contribution < -0.4 is 0 Å². The molecule has 1 aromatic heterocycles. The number of nitrogens with zero attached hydrogens (tertiary/aromatic N) is 1. The first-order valence-electron chi connectivity index (χ1n) is 5.47. The normalized spacial score (nSPS) is 14.5. The number of rotatable bonds is 5. The summed E-state index contributed by atoms with van der Waals surface area (Å²) in [6.07, 6.45) is 0. The van der Waals surface area contributed by atoms with Crippen LogP contribution >= 0.6 is 11.3 Å². The second kappa shape index (κ2) is 5.48. The standard InChI is InChI=1S/C11H19NO3S2/c1-8(2)9(3)12(4)17(14,15)11-5-6-16-10(11)7-13/h5-6,8-9,13H,7H2,1-4H3. The van der Waals surface area contributed by atoms with Gasteiger partial charge in [-0.3, -0.25) is 0 Å². The topological polar surface area (TPSA) is 57.6 Å². The Morgan fingerprint density at radius 3 is 2.47 bits per heavy atom. The van der Waals surface area contributed by atoms with Crippen LogP contribution in [0, 0.1) is 5.92 Å². The van der Waals surface area contributed by atoms with Crippen molar-refractivity contribution in [3.8, 4) is 0 Å². The van der Waals surface area contributed by atoms with Gasteiger partial charge in [-0.2, -0.15) is 4.31 Å². The van der Waals surface area contributed by atoms with Gasteiger partial charge in [0.25, 0.3) is 0 Å². The van der Waals surface area contributed by atoms with Gasteiger partial charge in [0.15, 0.2) is 0 Å². The van der Waals surface area contributed by atoms with E-state index in [4.69, 9.17) is 5.11 Å². The van der Waals surface area contributed by atoms with Gasteiger partial charge in [-0.05, 0) is 24.3 Å². The molecule has 0 bridgehead atoms. The van der Waals surface area contributed by atoms with Gasteiger partial charge in [0, 0.05) is 18.0 Å². The van der Waals surface area contributed by atoms with Crippen LogP contribution in [0.15, 0.2) is 16.3 Å². The van der Waals surface area contributed by atoms with E-state index >= 15 is 0 Å². The molecule has 0 aromatic carbocycles. The van der Waals surface area contributed by atoms with Crippen molar-refractivity contribution in [2.75, 3.05) is 7.05 Å². The third kappa shape index (κ3) is 2.88. The quantitative estimate of drug-likeness (QED) is 0.894. The number of sulfonamides is 1. The van der Waals surface area contributed by atoms with Crippen LogP contribution in [0.4, 0.5) is 0 Å². The number of hydrogen-bond acceptors (Lipinski definition) is 4. The average molecular weight is 277 g/mol. The molecule has 6 heteroatoms. The Morgan fingerprint density at radius 1 is 1.41 bits per heavy atom. The van der Waals surface area contributed by atoms with Gasteiger partial charge in [-0.1, -0.05) is 13.8 Å². The van der Waals surface area contributed by atoms with Crippen molar-refractivity contribution in [2.45, 2.75) is 38.3 Å². The van der Waals surface area contributed by atoms with E-state index < -0.39 is 10.0 Å². The van der Waals surface area contributed by atoms with Crippen molar-refractivity contribution in [3.63, 3.8) is 0 Å². The van der Waals surface area contributed by atoms with Crippen LogP contribution in [0.5, 0.6) is 0 Å². The second-order valence-corrected chi connectivity index (χ2v) is 7.34. The molecule has 0 aliphatic heterocycles. The van der Waals surface area contributed by atoms with Crippen LogP contribution in [0.2, 0.25) is 0 Å². The molecule has 0 saturated heterocycles. The highest BCUT2D eigenvalue weighted by Gasteiger charge is 2.29. The molecule has 98 valence electrons. The number of hydrogen-bond donors (Lipinski definition) is 1. The van der Waals surface area contributed by atoms with Crippen LogP contribution in [0.3, 0.4) is 0 Å². The van der Waals surface area contributed by atoms with Crippen molar-refractivity contribution < 1.29 is 13.5 Å². The van der Waals surface area contributed by atoms with E-state index in [9.17, 15) is 8.42 Å². The third-order valence-corrected chi connectivity index (χ3v) is 6.11. The minimum atomic E-state index is -3.50. The van der Waals surface area contributed by atoms with Gasteiger partial charge < -0.3 is 5.11 Å². The fourth-order valence-electron chi connectivity index (χ4n) is 1.47. The van der Waals surface area contributed by atoms with Crippen LogP contribution in [0.25, 0.3) is 0 Å². The summed E-state index contributed by atoms with van der Waals surface area (Å²) in [7, 11) is -1.92. The summed E-state index contributed by atoms with van der Waals surface area (Å²) in [4.78, 5) is 0.716. The third-order valence-electron chi connectivity index (χ3n) is 3.04. The summed E-state index contributed by atoms with van der Waals surface area (Å²) in [5.74, 6) is 0.242. The molecule has 0 spiro atoms. The highest BCUT2D eigenvalue weighted by Crippen LogP contribution is 2.26. The van der Waals surface area contributed by atoms with Crippen LogP contribution in [0.1, 0.15) is 25.6 Å². The zero-order valence-electron chi connectivity index (χ0n) is 10.5. The minimum absolute atomic E-state index is 0.0774. The number of thiophene rings is 1. The Hall–Kier alpha value is -0.430. The molecule has 0 amide bonds. The Labute approximate surface area is 107 Å². The van der Waals surface area contributed by atoms with Gasteiger partial charge in [0.2, 0.25) is 10.0 Å². The van der Waals surface area contributed by atoms with Crippen molar-refractivity contribution in [1.29, 1.82) is 0 Å². The fraction of sp³-hybridized carbons (Fsp3) is 0.636. The summed E-state index contributed by atoms with van der Waals surface area (Å²) < 4.78 is 26.1. The summed E-state index contributed by atoms with van der Waals surface area (Å²) in [5, 5.41) is 10.8. The Bertz CT molecular complexity index is 465. The molecular formula is C11H19NO3S2. The highest BCUT2D eigenvalue weighted by molar-refractivity contribution is 7.89. The molecule has 1 rings (SSSR count). The van der Waals surface area contributed by atoms with Crippen LogP contribution in [-0.4, -0.2) is 30.9 Å². The molecule has 4 nitrogen and oxygen atoms in total. The number of aliphatic hydroxyl groups is 1. The highest BCUT2D eigenvalue weighted by atomic mass is 32.2. The van der Waals surface area contributed by atoms with Gasteiger partial charge in [0.05, 0.1) is 11.5 Å². The smallest absolute Gasteiger partial charge is 0.244 e.